The smallest absolute Gasteiger partial charge is 0.131 e. The van der Waals surface area contributed by atoms with E-state index < -0.39 is 0 Å². The largest absolute Gasteiger partial charge is 0.497 e. The molecule has 2 aromatic rings. The van der Waals surface area contributed by atoms with Crippen molar-refractivity contribution in [2.45, 2.75) is 46.1 Å². The number of imidazole rings is 1. The molecule has 0 amide bonds. The van der Waals surface area contributed by atoms with E-state index in [9.17, 15) is 0 Å². The van der Waals surface area contributed by atoms with Gasteiger partial charge in [0.15, 0.2) is 0 Å². The van der Waals surface area contributed by atoms with Crippen LogP contribution in [-0.4, -0.2) is 16.7 Å². The molecule has 21 heavy (non-hydrogen) atoms. The summed E-state index contributed by atoms with van der Waals surface area (Å²) in [4.78, 5) is 4.78. The minimum absolute atomic E-state index is 0.764. The first-order valence-corrected chi connectivity index (χ1v) is 7.70. The lowest BCUT2D eigenvalue weighted by Crippen LogP contribution is -2.07. The molecule has 0 aliphatic heterocycles. The number of methoxy groups -OCH3 is 1. The number of hydrogen-bond acceptors (Lipinski definition) is 3. The Bertz CT molecular complexity index is 590. The van der Waals surface area contributed by atoms with Gasteiger partial charge in [-0.3, -0.25) is 0 Å². The van der Waals surface area contributed by atoms with E-state index in [1.807, 2.05) is 24.3 Å². The Labute approximate surface area is 127 Å². The zero-order valence-corrected chi connectivity index (χ0v) is 13.2. The Morgan fingerprint density at radius 1 is 1.24 bits per heavy atom. The van der Waals surface area contributed by atoms with Gasteiger partial charge in [-0.05, 0) is 25.0 Å². The van der Waals surface area contributed by atoms with Crippen LogP contribution < -0.4 is 10.5 Å². The fourth-order valence-electron chi connectivity index (χ4n) is 2.48. The number of anilines is 1. The predicted molar refractivity (Wildman–Crippen MR) is 87.5 cm³/mol. The number of unbranched alkanes of at least 4 members (excludes halogenated alkanes) is 1. The standard InChI is InChI=1S/C17H25N3O/c1-4-6-11-20-15(8-5-2)19-16(17(20)18)13-9-7-10-14(12-13)21-3/h7,9-10,12H,4-6,8,11,18H2,1-3H3. The van der Waals surface area contributed by atoms with Crippen molar-refractivity contribution < 1.29 is 4.74 Å². The second-order valence-electron chi connectivity index (χ2n) is 5.25. The Hall–Kier alpha value is -1.97. The lowest BCUT2D eigenvalue weighted by molar-refractivity contribution is 0.415. The number of aromatic nitrogens is 2. The Morgan fingerprint density at radius 2 is 2.05 bits per heavy atom. The van der Waals surface area contributed by atoms with Crippen molar-refractivity contribution in [2.24, 2.45) is 0 Å². The number of benzene rings is 1. The molecule has 0 saturated heterocycles. The monoisotopic (exact) mass is 287 g/mol. The number of nitrogens with zero attached hydrogens (tertiary/aromatic N) is 2. The lowest BCUT2D eigenvalue weighted by atomic mass is 10.1. The first-order chi connectivity index (χ1) is 10.2. The number of ether oxygens (including phenoxy) is 1. The van der Waals surface area contributed by atoms with Gasteiger partial charge in [-0.2, -0.15) is 0 Å². The van der Waals surface area contributed by atoms with Gasteiger partial charge in [0.05, 0.1) is 7.11 Å². The predicted octanol–water partition coefficient (Wildman–Crippen LogP) is 3.89. The summed E-state index contributed by atoms with van der Waals surface area (Å²) in [5, 5.41) is 0. The second-order valence-corrected chi connectivity index (χ2v) is 5.25. The first-order valence-electron chi connectivity index (χ1n) is 7.70. The van der Waals surface area contributed by atoms with E-state index >= 15 is 0 Å². The normalized spacial score (nSPS) is 10.8. The van der Waals surface area contributed by atoms with Crippen LogP contribution in [0.1, 0.15) is 38.9 Å². The van der Waals surface area contributed by atoms with Crippen molar-refractivity contribution in [3.63, 3.8) is 0 Å². The van der Waals surface area contributed by atoms with Gasteiger partial charge >= 0.3 is 0 Å². The highest BCUT2D eigenvalue weighted by Crippen LogP contribution is 2.29. The third kappa shape index (κ3) is 3.38. The van der Waals surface area contributed by atoms with Crippen molar-refractivity contribution in [1.29, 1.82) is 0 Å². The maximum Gasteiger partial charge on any atom is 0.131 e. The van der Waals surface area contributed by atoms with Crippen molar-refractivity contribution >= 4 is 5.82 Å². The second kappa shape index (κ2) is 7.16. The third-order valence-corrected chi connectivity index (χ3v) is 3.64. The number of nitrogens with two attached hydrogens (primary N) is 1. The van der Waals surface area contributed by atoms with Crippen LogP contribution in [-0.2, 0) is 13.0 Å². The molecule has 0 radical (unpaired) electrons. The summed E-state index contributed by atoms with van der Waals surface area (Å²) in [7, 11) is 1.67. The first kappa shape index (κ1) is 15.4. The van der Waals surface area contributed by atoms with Crippen LogP contribution in [0.2, 0.25) is 0 Å². The zero-order chi connectivity index (χ0) is 15.2. The molecule has 114 valence electrons. The lowest BCUT2D eigenvalue weighted by Gasteiger charge is -2.08. The minimum atomic E-state index is 0.764. The van der Waals surface area contributed by atoms with Crippen molar-refractivity contribution in [3.8, 4) is 17.0 Å². The summed E-state index contributed by atoms with van der Waals surface area (Å²) in [6.07, 6.45) is 4.30. The molecule has 0 bridgehead atoms. The molecule has 4 nitrogen and oxygen atoms in total. The molecular formula is C17H25N3O. The van der Waals surface area contributed by atoms with Gasteiger partial charge in [-0.25, -0.2) is 4.98 Å². The van der Waals surface area contributed by atoms with Gasteiger partial charge in [0, 0.05) is 18.5 Å². The van der Waals surface area contributed by atoms with Gasteiger partial charge in [0.25, 0.3) is 0 Å². The molecule has 1 aromatic carbocycles. The molecule has 1 heterocycles. The van der Waals surface area contributed by atoms with Crippen LogP contribution >= 0.6 is 0 Å². The molecule has 1 aromatic heterocycles. The van der Waals surface area contributed by atoms with Crippen molar-refractivity contribution in [3.05, 3.63) is 30.1 Å². The van der Waals surface area contributed by atoms with Gasteiger partial charge in [-0.15, -0.1) is 0 Å². The minimum Gasteiger partial charge on any atom is -0.497 e. The summed E-state index contributed by atoms with van der Waals surface area (Å²) >= 11 is 0. The van der Waals surface area contributed by atoms with E-state index in [1.54, 1.807) is 7.11 Å². The number of rotatable bonds is 7. The number of nitrogen functional groups attached to an aromatic ring is 1. The molecule has 0 spiro atoms. The summed E-state index contributed by atoms with van der Waals surface area (Å²) in [5.41, 5.74) is 8.24. The van der Waals surface area contributed by atoms with E-state index in [4.69, 9.17) is 15.5 Å². The van der Waals surface area contributed by atoms with E-state index in [0.29, 0.717) is 0 Å². The molecule has 0 aliphatic carbocycles. The van der Waals surface area contributed by atoms with Crippen LogP contribution in [0.4, 0.5) is 5.82 Å². The highest BCUT2D eigenvalue weighted by molar-refractivity contribution is 5.72. The van der Waals surface area contributed by atoms with Crippen LogP contribution in [0.15, 0.2) is 24.3 Å². The Morgan fingerprint density at radius 3 is 2.71 bits per heavy atom. The molecule has 0 fully saturated rings. The van der Waals surface area contributed by atoms with E-state index in [2.05, 4.69) is 18.4 Å². The van der Waals surface area contributed by atoms with Gasteiger partial charge in [0.2, 0.25) is 0 Å². The van der Waals surface area contributed by atoms with E-state index in [0.717, 1.165) is 60.9 Å². The van der Waals surface area contributed by atoms with E-state index in [-0.39, 0.29) is 0 Å². The van der Waals surface area contributed by atoms with Crippen LogP contribution in [0.3, 0.4) is 0 Å². The average molecular weight is 287 g/mol. The molecule has 0 unspecified atom stereocenters. The summed E-state index contributed by atoms with van der Waals surface area (Å²) in [6, 6.07) is 7.92. The molecular weight excluding hydrogens is 262 g/mol. The quantitative estimate of drug-likeness (QED) is 0.840. The Balaban J connectivity index is 2.43. The molecule has 0 aliphatic rings. The molecule has 2 N–H and O–H groups in total. The van der Waals surface area contributed by atoms with Gasteiger partial charge < -0.3 is 15.0 Å². The van der Waals surface area contributed by atoms with Crippen molar-refractivity contribution in [2.75, 3.05) is 12.8 Å². The highest BCUT2D eigenvalue weighted by Gasteiger charge is 2.15. The summed E-state index contributed by atoms with van der Waals surface area (Å²) in [6.45, 7) is 5.30. The summed E-state index contributed by atoms with van der Waals surface area (Å²) < 4.78 is 7.46. The third-order valence-electron chi connectivity index (χ3n) is 3.64. The highest BCUT2D eigenvalue weighted by atomic mass is 16.5. The fourth-order valence-corrected chi connectivity index (χ4v) is 2.48. The SMILES string of the molecule is CCCCn1c(CCC)nc(-c2cccc(OC)c2)c1N. The van der Waals surface area contributed by atoms with Crippen LogP contribution in [0, 0.1) is 0 Å². The van der Waals surface area contributed by atoms with Crippen molar-refractivity contribution in [1.82, 2.24) is 9.55 Å². The summed E-state index contributed by atoms with van der Waals surface area (Å²) in [5.74, 6) is 2.67. The molecule has 4 heteroatoms. The van der Waals surface area contributed by atoms with E-state index in [1.165, 1.54) is 0 Å². The van der Waals surface area contributed by atoms with Gasteiger partial charge in [-0.1, -0.05) is 32.4 Å². The zero-order valence-electron chi connectivity index (χ0n) is 13.2. The number of aryl methyl sites for hydroxylation is 1. The van der Waals surface area contributed by atoms with Crippen LogP contribution in [0.5, 0.6) is 5.75 Å². The van der Waals surface area contributed by atoms with Gasteiger partial charge in [0.1, 0.15) is 23.1 Å². The molecule has 2 rings (SSSR count). The topological polar surface area (TPSA) is 53.1 Å². The molecule has 0 atom stereocenters. The maximum atomic E-state index is 6.36. The molecule has 0 saturated carbocycles. The van der Waals surface area contributed by atoms with Crippen LogP contribution in [0.25, 0.3) is 11.3 Å². The average Bonchev–Trinajstić information content (AvgIpc) is 2.82. The maximum absolute atomic E-state index is 6.36. The fraction of sp³-hybridized carbons (Fsp3) is 0.471. The number of hydrogen-bond donors (Lipinski definition) is 1. The Kier molecular flexibility index (Phi) is 5.26.